The lowest BCUT2D eigenvalue weighted by molar-refractivity contribution is 0.0947. The predicted octanol–water partition coefficient (Wildman–Crippen LogP) is 4.81. The monoisotopic (exact) mass is 438 g/mol. The molecule has 0 unspecified atom stereocenters. The second-order valence-electron chi connectivity index (χ2n) is 6.93. The molecule has 1 aromatic heterocycles. The maximum atomic E-state index is 13.0. The van der Waals surface area contributed by atoms with Gasteiger partial charge in [0.15, 0.2) is 11.5 Å². The summed E-state index contributed by atoms with van der Waals surface area (Å²) in [7, 11) is 4.71. The third kappa shape index (κ3) is 5.30. The molecule has 0 fully saturated rings. The number of amides is 1. The highest BCUT2D eigenvalue weighted by Crippen LogP contribution is 2.35. The molecule has 0 bridgehead atoms. The zero-order valence-corrected chi connectivity index (χ0v) is 19.1. The van der Waals surface area contributed by atoms with Gasteiger partial charge in [0.05, 0.1) is 26.9 Å². The Balaban J connectivity index is 1.81. The molecule has 1 amide bonds. The summed E-state index contributed by atoms with van der Waals surface area (Å²) in [5.41, 5.74) is 3.60. The van der Waals surface area contributed by atoms with Crippen LogP contribution in [0, 0.1) is 13.8 Å². The van der Waals surface area contributed by atoms with Crippen LogP contribution in [-0.2, 0) is 6.54 Å². The lowest BCUT2D eigenvalue weighted by Gasteiger charge is -2.15. The zero-order chi connectivity index (χ0) is 22.4. The van der Waals surface area contributed by atoms with Gasteiger partial charge in [0.2, 0.25) is 0 Å². The van der Waals surface area contributed by atoms with Crippen molar-refractivity contribution in [1.29, 1.82) is 0 Å². The Morgan fingerprint density at radius 1 is 0.968 bits per heavy atom. The Bertz CT molecular complexity index is 1090. The second-order valence-corrected chi connectivity index (χ2v) is 7.96. The highest BCUT2D eigenvalue weighted by atomic mass is 32.2. The Morgan fingerprint density at radius 2 is 1.68 bits per heavy atom. The number of aryl methyl sites for hydroxylation is 2. The smallest absolute Gasteiger partial charge is 0.254 e. The summed E-state index contributed by atoms with van der Waals surface area (Å²) in [6, 6.07) is 13.3. The molecule has 162 valence electrons. The van der Waals surface area contributed by atoms with Crippen molar-refractivity contribution in [2.75, 3.05) is 21.3 Å². The van der Waals surface area contributed by atoms with Gasteiger partial charge in [0.1, 0.15) is 10.8 Å². The lowest BCUT2D eigenvalue weighted by atomic mass is 10.1. The number of nitrogens with zero attached hydrogens (tertiary/aromatic N) is 1. The number of methoxy groups -OCH3 is 3. The molecule has 2 aromatic carbocycles. The molecule has 0 spiro atoms. The summed E-state index contributed by atoms with van der Waals surface area (Å²) in [6.07, 6.45) is 1.70. The van der Waals surface area contributed by atoms with E-state index in [0.29, 0.717) is 27.8 Å². The van der Waals surface area contributed by atoms with Gasteiger partial charge in [-0.3, -0.25) is 4.79 Å². The highest BCUT2D eigenvalue weighted by molar-refractivity contribution is 7.99. The predicted molar refractivity (Wildman–Crippen MR) is 122 cm³/mol. The van der Waals surface area contributed by atoms with Crippen LogP contribution in [0.1, 0.15) is 27.0 Å². The van der Waals surface area contributed by atoms with Crippen LogP contribution in [0.2, 0.25) is 0 Å². The fraction of sp³-hybridized carbons (Fsp3) is 0.250. The van der Waals surface area contributed by atoms with Gasteiger partial charge < -0.3 is 19.5 Å². The minimum Gasteiger partial charge on any atom is -0.496 e. The van der Waals surface area contributed by atoms with Crippen molar-refractivity contribution >= 4 is 17.7 Å². The maximum Gasteiger partial charge on any atom is 0.254 e. The first-order chi connectivity index (χ1) is 15.0. The molecule has 0 saturated carbocycles. The van der Waals surface area contributed by atoms with E-state index in [9.17, 15) is 4.79 Å². The van der Waals surface area contributed by atoms with Gasteiger partial charge in [0, 0.05) is 29.3 Å². The summed E-state index contributed by atoms with van der Waals surface area (Å²) in [5.74, 6) is 1.53. The number of rotatable bonds is 8. The van der Waals surface area contributed by atoms with Crippen LogP contribution < -0.4 is 19.5 Å². The Morgan fingerprint density at radius 3 is 2.39 bits per heavy atom. The van der Waals surface area contributed by atoms with Crippen molar-refractivity contribution in [3.63, 3.8) is 0 Å². The van der Waals surface area contributed by atoms with Gasteiger partial charge in [-0.15, -0.1) is 0 Å². The van der Waals surface area contributed by atoms with Crippen LogP contribution in [0.5, 0.6) is 17.2 Å². The van der Waals surface area contributed by atoms with E-state index in [2.05, 4.69) is 28.5 Å². The normalized spacial score (nSPS) is 10.5. The molecule has 1 heterocycles. The molecule has 3 aromatic rings. The van der Waals surface area contributed by atoms with Crippen LogP contribution in [0.25, 0.3) is 0 Å². The van der Waals surface area contributed by atoms with E-state index < -0.39 is 0 Å². The molecule has 0 aliphatic rings. The van der Waals surface area contributed by atoms with Gasteiger partial charge in [0.25, 0.3) is 5.91 Å². The van der Waals surface area contributed by atoms with Crippen molar-refractivity contribution in [1.82, 2.24) is 10.3 Å². The second kappa shape index (κ2) is 10.2. The molecule has 0 saturated heterocycles. The quantitative estimate of drug-likeness (QED) is 0.545. The van der Waals surface area contributed by atoms with E-state index in [1.807, 2.05) is 13.8 Å². The van der Waals surface area contributed by atoms with Crippen molar-refractivity contribution in [2.45, 2.75) is 30.3 Å². The zero-order valence-electron chi connectivity index (χ0n) is 18.3. The molecule has 31 heavy (non-hydrogen) atoms. The van der Waals surface area contributed by atoms with Crippen LogP contribution in [0.3, 0.4) is 0 Å². The van der Waals surface area contributed by atoms with Gasteiger partial charge in [-0.2, -0.15) is 0 Å². The molecule has 0 atom stereocenters. The van der Waals surface area contributed by atoms with E-state index in [0.717, 1.165) is 21.6 Å². The average molecular weight is 439 g/mol. The molecular weight excluding hydrogens is 412 g/mol. The molecule has 0 aliphatic heterocycles. The SMILES string of the molecule is COc1cc(OC)c(OC)cc1CNC(=O)c1cccnc1Sc1cc(C)ccc1C. The van der Waals surface area contributed by atoms with Crippen LogP contribution in [0.4, 0.5) is 0 Å². The fourth-order valence-corrected chi connectivity index (χ4v) is 4.13. The number of carbonyl (C=O) groups is 1. The Kier molecular flexibility index (Phi) is 7.41. The Labute approximate surface area is 186 Å². The number of benzene rings is 2. The van der Waals surface area contributed by atoms with E-state index in [4.69, 9.17) is 14.2 Å². The van der Waals surface area contributed by atoms with Gasteiger partial charge in [-0.1, -0.05) is 23.9 Å². The largest absolute Gasteiger partial charge is 0.496 e. The standard InChI is InChI=1S/C24H26N2O4S/c1-15-8-9-16(2)22(11-15)31-24-18(7-6-10-25-24)23(27)26-14-17-12-20(29-4)21(30-5)13-19(17)28-3/h6-13H,14H2,1-5H3,(H,26,27). The maximum absolute atomic E-state index is 13.0. The first kappa shape index (κ1) is 22.5. The third-order valence-corrected chi connectivity index (χ3v) is 5.97. The minimum absolute atomic E-state index is 0.210. The number of aromatic nitrogens is 1. The summed E-state index contributed by atoms with van der Waals surface area (Å²) >= 11 is 1.49. The molecule has 7 heteroatoms. The summed E-state index contributed by atoms with van der Waals surface area (Å²) in [4.78, 5) is 18.5. The van der Waals surface area contributed by atoms with E-state index >= 15 is 0 Å². The molecule has 6 nitrogen and oxygen atoms in total. The number of pyridine rings is 1. The first-order valence-corrected chi connectivity index (χ1v) is 10.6. The Hall–Kier alpha value is -3.19. The van der Waals surface area contributed by atoms with Gasteiger partial charge in [-0.25, -0.2) is 4.98 Å². The van der Waals surface area contributed by atoms with Crippen LogP contribution >= 0.6 is 11.8 Å². The van der Waals surface area contributed by atoms with Crippen molar-refractivity contribution < 1.29 is 19.0 Å². The number of ether oxygens (including phenoxy) is 3. The molecule has 0 radical (unpaired) electrons. The van der Waals surface area contributed by atoms with Crippen LogP contribution in [0.15, 0.2) is 58.6 Å². The van der Waals surface area contributed by atoms with Crippen molar-refractivity contribution in [3.05, 3.63) is 70.9 Å². The fourth-order valence-electron chi connectivity index (χ4n) is 3.07. The van der Waals surface area contributed by atoms with Crippen LogP contribution in [-0.4, -0.2) is 32.2 Å². The number of nitrogens with one attached hydrogen (secondary N) is 1. The average Bonchev–Trinajstić information content (AvgIpc) is 2.79. The number of hydrogen-bond donors (Lipinski definition) is 1. The van der Waals surface area contributed by atoms with Gasteiger partial charge >= 0.3 is 0 Å². The molecule has 3 rings (SSSR count). The lowest BCUT2D eigenvalue weighted by Crippen LogP contribution is -2.24. The molecule has 0 aliphatic carbocycles. The van der Waals surface area contributed by atoms with E-state index in [-0.39, 0.29) is 12.5 Å². The highest BCUT2D eigenvalue weighted by Gasteiger charge is 2.17. The van der Waals surface area contributed by atoms with E-state index in [1.165, 1.54) is 11.8 Å². The topological polar surface area (TPSA) is 69.7 Å². The summed E-state index contributed by atoms with van der Waals surface area (Å²) < 4.78 is 16.1. The van der Waals surface area contributed by atoms with Gasteiger partial charge in [-0.05, 0) is 49.2 Å². The van der Waals surface area contributed by atoms with E-state index in [1.54, 1.807) is 51.8 Å². The number of hydrogen-bond acceptors (Lipinski definition) is 6. The van der Waals surface area contributed by atoms with Crippen molar-refractivity contribution in [2.24, 2.45) is 0 Å². The summed E-state index contributed by atoms with van der Waals surface area (Å²) in [6.45, 7) is 4.37. The first-order valence-electron chi connectivity index (χ1n) is 9.74. The summed E-state index contributed by atoms with van der Waals surface area (Å²) in [5, 5.41) is 3.62. The minimum atomic E-state index is -0.210. The van der Waals surface area contributed by atoms with Crippen molar-refractivity contribution in [3.8, 4) is 17.2 Å². The third-order valence-electron chi connectivity index (χ3n) is 4.79. The molecular formula is C24H26N2O4S. The molecule has 1 N–H and O–H groups in total. The number of carbonyl (C=O) groups excluding carboxylic acids is 1.